The van der Waals surface area contributed by atoms with E-state index in [1.54, 1.807) is 6.20 Å². The molecule has 0 radical (unpaired) electrons. The van der Waals surface area contributed by atoms with Crippen molar-refractivity contribution in [3.05, 3.63) is 53.0 Å². The van der Waals surface area contributed by atoms with E-state index in [4.69, 9.17) is 9.47 Å². The maximum Gasteiger partial charge on any atom is 0.257 e. The van der Waals surface area contributed by atoms with Crippen LogP contribution in [0, 0.1) is 0 Å². The van der Waals surface area contributed by atoms with Crippen LogP contribution in [0.4, 0.5) is 0 Å². The topological polar surface area (TPSA) is 77.8 Å². The highest BCUT2D eigenvalue weighted by atomic mass is 16.6. The Kier molecular flexibility index (Phi) is 5.02. The van der Waals surface area contributed by atoms with Crippen LogP contribution < -0.4 is 14.8 Å². The van der Waals surface area contributed by atoms with Crippen LogP contribution in [0.25, 0.3) is 5.65 Å². The third kappa shape index (κ3) is 3.49. The summed E-state index contributed by atoms with van der Waals surface area (Å²) in [7, 11) is 0. The van der Waals surface area contributed by atoms with E-state index in [1.807, 2.05) is 35.8 Å². The number of carbonyl (C=O) groups excluding carboxylic acids is 1. The minimum atomic E-state index is -0.187. The minimum absolute atomic E-state index is 0.175. The minimum Gasteiger partial charge on any atom is -0.486 e. The van der Waals surface area contributed by atoms with Crippen LogP contribution in [0.2, 0.25) is 0 Å². The number of aromatic nitrogens is 3. The molecule has 1 atom stereocenters. The number of nitrogens with one attached hydrogen (secondary N) is 1. The van der Waals surface area contributed by atoms with E-state index >= 15 is 0 Å². The zero-order valence-electron chi connectivity index (χ0n) is 17.2. The molecule has 5 rings (SSSR count). The number of aryl methyl sites for hydroxylation is 2. The van der Waals surface area contributed by atoms with Gasteiger partial charge in [0, 0.05) is 11.9 Å². The third-order valence-corrected chi connectivity index (χ3v) is 5.98. The summed E-state index contributed by atoms with van der Waals surface area (Å²) in [6, 6.07) is 5.58. The molecule has 0 bridgehead atoms. The summed E-state index contributed by atoms with van der Waals surface area (Å²) in [5, 5.41) is 7.59. The molecule has 0 spiro atoms. The summed E-state index contributed by atoms with van der Waals surface area (Å²) >= 11 is 0. The first-order valence-electron chi connectivity index (χ1n) is 10.8. The molecular formula is C23H26N4O3. The molecule has 1 aliphatic heterocycles. The normalized spacial score (nSPS) is 17.0. The van der Waals surface area contributed by atoms with Crippen molar-refractivity contribution in [1.82, 2.24) is 19.9 Å². The molecule has 1 aliphatic carbocycles. The molecule has 0 unspecified atom stereocenters. The van der Waals surface area contributed by atoms with Crippen molar-refractivity contribution in [2.45, 2.75) is 51.5 Å². The standard InChI is InChI=1S/C23H26N4O3/c1-15(16-8-9-20-21(12-16)30-11-10-29-20)26-23(28)18-14-25-27-19-7-5-3-2-4-6-17(19)13-24-22(18)27/h8-9,12-15H,2-7,10-11H2,1H3,(H,26,28)/t15-/m0/s1. The van der Waals surface area contributed by atoms with Gasteiger partial charge in [0.05, 0.1) is 12.2 Å². The molecule has 3 heterocycles. The van der Waals surface area contributed by atoms with Gasteiger partial charge in [0.15, 0.2) is 17.1 Å². The summed E-state index contributed by atoms with van der Waals surface area (Å²) in [4.78, 5) is 17.6. The van der Waals surface area contributed by atoms with E-state index in [0.717, 1.165) is 36.3 Å². The maximum absolute atomic E-state index is 13.0. The Balaban J connectivity index is 1.39. The zero-order valence-corrected chi connectivity index (χ0v) is 17.2. The summed E-state index contributed by atoms with van der Waals surface area (Å²) in [5.74, 6) is 1.29. The Bertz CT molecular complexity index is 1090. The molecule has 2 aliphatic rings. The molecule has 7 heteroatoms. The fraction of sp³-hybridized carbons (Fsp3) is 0.435. The van der Waals surface area contributed by atoms with Gasteiger partial charge in [-0.3, -0.25) is 4.79 Å². The van der Waals surface area contributed by atoms with Crippen molar-refractivity contribution < 1.29 is 14.3 Å². The van der Waals surface area contributed by atoms with Gasteiger partial charge in [0.2, 0.25) is 0 Å². The monoisotopic (exact) mass is 406 g/mol. The van der Waals surface area contributed by atoms with Gasteiger partial charge >= 0.3 is 0 Å². The van der Waals surface area contributed by atoms with Crippen molar-refractivity contribution in [3.63, 3.8) is 0 Å². The van der Waals surface area contributed by atoms with Crippen LogP contribution in [0.1, 0.15) is 65.8 Å². The van der Waals surface area contributed by atoms with Gasteiger partial charge in [0.1, 0.15) is 18.8 Å². The number of hydrogen-bond donors (Lipinski definition) is 1. The van der Waals surface area contributed by atoms with Gasteiger partial charge in [-0.2, -0.15) is 5.10 Å². The molecule has 0 fully saturated rings. The van der Waals surface area contributed by atoms with Gasteiger partial charge < -0.3 is 14.8 Å². The molecule has 0 saturated heterocycles. The van der Waals surface area contributed by atoms with Crippen LogP contribution >= 0.6 is 0 Å². The fourth-order valence-electron chi connectivity index (χ4n) is 4.30. The van der Waals surface area contributed by atoms with Crippen molar-refractivity contribution in [1.29, 1.82) is 0 Å². The molecule has 30 heavy (non-hydrogen) atoms. The quantitative estimate of drug-likeness (QED) is 0.718. The largest absolute Gasteiger partial charge is 0.486 e. The van der Waals surface area contributed by atoms with Crippen LogP contribution in [0.3, 0.4) is 0 Å². The van der Waals surface area contributed by atoms with E-state index in [9.17, 15) is 4.79 Å². The van der Waals surface area contributed by atoms with Crippen LogP contribution in [0.15, 0.2) is 30.6 Å². The number of amides is 1. The predicted octanol–water partition coefficient (Wildman–Crippen LogP) is 3.65. The summed E-state index contributed by atoms with van der Waals surface area (Å²) in [5.41, 5.74) is 4.54. The van der Waals surface area contributed by atoms with E-state index < -0.39 is 0 Å². The molecule has 1 aromatic carbocycles. The van der Waals surface area contributed by atoms with Crippen molar-refractivity contribution in [3.8, 4) is 11.5 Å². The first-order valence-corrected chi connectivity index (χ1v) is 10.8. The van der Waals surface area contributed by atoms with E-state index in [0.29, 0.717) is 24.4 Å². The first-order chi connectivity index (χ1) is 14.7. The van der Waals surface area contributed by atoms with Gasteiger partial charge in [0.25, 0.3) is 5.91 Å². The van der Waals surface area contributed by atoms with Crippen molar-refractivity contribution in [2.75, 3.05) is 13.2 Å². The average molecular weight is 406 g/mol. The Morgan fingerprint density at radius 1 is 1.07 bits per heavy atom. The zero-order chi connectivity index (χ0) is 20.5. The number of rotatable bonds is 3. The number of carbonyl (C=O) groups is 1. The van der Waals surface area contributed by atoms with Gasteiger partial charge in [-0.1, -0.05) is 18.9 Å². The van der Waals surface area contributed by atoms with Gasteiger partial charge in [-0.15, -0.1) is 0 Å². The van der Waals surface area contributed by atoms with Crippen molar-refractivity contribution in [2.24, 2.45) is 0 Å². The first kappa shape index (κ1) is 18.9. The second-order valence-corrected chi connectivity index (χ2v) is 8.04. The Morgan fingerprint density at radius 2 is 1.87 bits per heavy atom. The molecule has 1 amide bonds. The third-order valence-electron chi connectivity index (χ3n) is 5.98. The number of nitrogens with zero attached hydrogens (tertiary/aromatic N) is 3. The number of ether oxygens (including phenoxy) is 2. The van der Waals surface area contributed by atoms with Crippen LogP contribution in [0.5, 0.6) is 11.5 Å². The van der Waals surface area contributed by atoms with Crippen molar-refractivity contribution >= 4 is 11.6 Å². The second-order valence-electron chi connectivity index (χ2n) is 8.04. The van der Waals surface area contributed by atoms with E-state index in [1.165, 1.54) is 30.5 Å². The lowest BCUT2D eigenvalue weighted by Crippen LogP contribution is -2.27. The number of fused-ring (bicyclic) bond motifs is 4. The molecule has 156 valence electrons. The summed E-state index contributed by atoms with van der Waals surface area (Å²) in [6.07, 6.45) is 10.4. The molecule has 7 nitrogen and oxygen atoms in total. The average Bonchev–Trinajstić information content (AvgIpc) is 3.18. The highest BCUT2D eigenvalue weighted by Crippen LogP contribution is 2.32. The molecule has 3 aromatic rings. The van der Waals surface area contributed by atoms with Gasteiger partial charge in [-0.05, 0) is 55.9 Å². The summed E-state index contributed by atoms with van der Waals surface area (Å²) < 4.78 is 13.1. The van der Waals surface area contributed by atoms with Crippen LogP contribution in [-0.2, 0) is 12.8 Å². The smallest absolute Gasteiger partial charge is 0.257 e. The Morgan fingerprint density at radius 3 is 2.73 bits per heavy atom. The van der Waals surface area contributed by atoms with E-state index in [-0.39, 0.29) is 11.9 Å². The predicted molar refractivity (Wildman–Crippen MR) is 112 cm³/mol. The van der Waals surface area contributed by atoms with Gasteiger partial charge in [-0.25, -0.2) is 9.50 Å². The molecule has 2 aromatic heterocycles. The lowest BCUT2D eigenvalue weighted by atomic mass is 9.98. The fourth-order valence-corrected chi connectivity index (χ4v) is 4.30. The maximum atomic E-state index is 13.0. The van der Waals surface area contributed by atoms with E-state index in [2.05, 4.69) is 15.4 Å². The lowest BCUT2D eigenvalue weighted by Gasteiger charge is -2.21. The molecule has 0 saturated carbocycles. The van der Waals surface area contributed by atoms with Crippen LogP contribution in [-0.4, -0.2) is 33.7 Å². The summed E-state index contributed by atoms with van der Waals surface area (Å²) in [6.45, 7) is 3.05. The molecule has 1 N–H and O–H groups in total. The SMILES string of the molecule is C[C@H](NC(=O)c1cnn2c3c(cnc12)CCCCCC3)c1ccc2c(c1)OCCO2. The highest BCUT2D eigenvalue weighted by Gasteiger charge is 2.21. The number of benzene rings is 1. The lowest BCUT2D eigenvalue weighted by molar-refractivity contribution is 0.0941. The number of hydrogen-bond acceptors (Lipinski definition) is 5. The second kappa shape index (κ2) is 7.97. The molecular weight excluding hydrogens is 380 g/mol. The Labute approximate surface area is 175 Å². The highest BCUT2D eigenvalue weighted by molar-refractivity contribution is 5.99. The Hall–Kier alpha value is -3.09.